The molecule has 1 aromatic rings. The van der Waals surface area contributed by atoms with E-state index in [1.54, 1.807) is 0 Å². The zero-order valence-electron chi connectivity index (χ0n) is 7.93. The largest absolute Gasteiger partial charge is 0.495 e. The van der Waals surface area contributed by atoms with Crippen molar-refractivity contribution in [1.29, 1.82) is 5.26 Å². The molecule has 6 nitrogen and oxygen atoms in total. The van der Waals surface area contributed by atoms with Gasteiger partial charge in [-0.15, -0.1) is 0 Å². The number of nitriles is 1. The lowest BCUT2D eigenvalue weighted by Gasteiger charge is -2.07. The Morgan fingerprint density at radius 3 is 2.73 bits per heavy atom. The standard InChI is InChI=1S/C9H8N2O4/c1-15-9-6(4-10)2-3-8(11(13)14)7(9)5-12/h2-3,12H,5H2,1H3. The van der Waals surface area contributed by atoms with Crippen molar-refractivity contribution in [1.82, 2.24) is 0 Å². The van der Waals surface area contributed by atoms with Crippen LogP contribution in [0.25, 0.3) is 0 Å². The topological polar surface area (TPSA) is 96.4 Å². The van der Waals surface area contributed by atoms with Crippen LogP contribution < -0.4 is 4.74 Å². The van der Waals surface area contributed by atoms with E-state index in [-0.39, 0.29) is 22.6 Å². The average Bonchev–Trinajstić information content (AvgIpc) is 2.26. The highest BCUT2D eigenvalue weighted by Crippen LogP contribution is 2.31. The number of hydrogen-bond acceptors (Lipinski definition) is 5. The van der Waals surface area contributed by atoms with Gasteiger partial charge in [-0.2, -0.15) is 5.26 Å². The quantitative estimate of drug-likeness (QED) is 0.589. The van der Waals surface area contributed by atoms with Crippen molar-refractivity contribution < 1.29 is 14.8 Å². The molecule has 0 spiro atoms. The van der Waals surface area contributed by atoms with Crippen LogP contribution in [0.1, 0.15) is 11.1 Å². The summed E-state index contributed by atoms with van der Waals surface area (Å²) in [5.41, 5.74) is -0.0814. The summed E-state index contributed by atoms with van der Waals surface area (Å²) in [6, 6.07) is 4.29. The predicted octanol–water partition coefficient (Wildman–Crippen LogP) is 0.967. The minimum absolute atomic E-state index is 0.0153. The number of nitro groups is 1. The molecule has 0 radical (unpaired) electrons. The fourth-order valence-electron chi connectivity index (χ4n) is 1.26. The molecule has 0 unspecified atom stereocenters. The van der Waals surface area contributed by atoms with E-state index in [0.29, 0.717) is 0 Å². The Kier molecular flexibility index (Phi) is 3.21. The highest BCUT2D eigenvalue weighted by molar-refractivity contribution is 5.57. The molecule has 0 saturated heterocycles. The number of rotatable bonds is 3. The number of benzene rings is 1. The Balaban J connectivity index is 3.49. The van der Waals surface area contributed by atoms with E-state index >= 15 is 0 Å². The molecule has 0 aliphatic rings. The number of methoxy groups -OCH3 is 1. The predicted molar refractivity (Wildman–Crippen MR) is 50.3 cm³/mol. The van der Waals surface area contributed by atoms with Crippen LogP contribution in [-0.4, -0.2) is 17.1 Å². The van der Waals surface area contributed by atoms with Gasteiger partial charge in [0.2, 0.25) is 0 Å². The first-order valence-corrected chi connectivity index (χ1v) is 4.01. The summed E-state index contributed by atoms with van der Waals surface area (Å²) >= 11 is 0. The second-order valence-electron chi connectivity index (χ2n) is 2.67. The van der Waals surface area contributed by atoms with Crippen LogP contribution in [0.15, 0.2) is 12.1 Å². The van der Waals surface area contributed by atoms with Gasteiger partial charge < -0.3 is 9.84 Å². The fraction of sp³-hybridized carbons (Fsp3) is 0.222. The molecule has 6 heteroatoms. The van der Waals surface area contributed by atoms with E-state index in [2.05, 4.69) is 0 Å². The first-order chi connectivity index (χ1) is 7.15. The van der Waals surface area contributed by atoms with E-state index in [4.69, 9.17) is 15.1 Å². The summed E-state index contributed by atoms with van der Waals surface area (Å²) in [6.45, 7) is -0.547. The lowest BCUT2D eigenvalue weighted by molar-refractivity contribution is -0.385. The van der Waals surface area contributed by atoms with Crippen LogP contribution >= 0.6 is 0 Å². The minimum atomic E-state index is -0.630. The zero-order valence-corrected chi connectivity index (χ0v) is 7.93. The Labute approximate surface area is 85.5 Å². The van der Waals surface area contributed by atoms with Crippen LogP contribution in [0.2, 0.25) is 0 Å². The maximum absolute atomic E-state index is 10.6. The first kappa shape index (κ1) is 10.9. The third-order valence-corrected chi connectivity index (χ3v) is 1.92. The van der Waals surface area contributed by atoms with Gasteiger partial charge in [0.15, 0.2) is 0 Å². The molecular weight excluding hydrogens is 200 g/mol. The van der Waals surface area contributed by atoms with Crippen LogP contribution in [0.5, 0.6) is 5.75 Å². The van der Waals surface area contributed by atoms with E-state index in [9.17, 15) is 10.1 Å². The number of ether oxygens (including phenoxy) is 1. The second-order valence-corrected chi connectivity index (χ2v) is 2.67. The van der Waals surface area contributed by atoms with Gasteiger partial charge in [-0.3, -0.25) is 10.1 Å². The molecule has 15 heavy (non-hydrogen) atoms. The van der Waals surface area contributed by atoms with E-state index in [0.717, 1.165) is 0 Å². The summed E-state index contributed by atoms with van der Waals surface area (Å²) in [5, 5.41) is 28.3. The van der Waals surface area contributed by atoms with E-state index in [1.165, 1.54) is 19.2 Å². The summed E-state index contributed by atoms with van der Waals surface area (Å²) in [5.74, 6) is 0.0502. The lowest BCUT2D eigenvalue weighted by Crippen LogP contribution is -2.01. The van der Waals surface area contributed by atoms with Gasteiger partial charge in [-0.05, 0) is 6.07 Å². The van der Waals surface area contributed by atoms with Crippen LogP contribution in [0.4, 0.5) is 5.69 Å². The number of aliphatic hydroxyl groups excluding tert-OH is 1. The highest BCUT2D eigenvalue weighted by Gasteiger charge is 2.20. The molecule has 1 rings (SSSR count). The number of hydrogen-bond donors (Lipinski definition) is 1. The third-order valence-electron chi connectivity index (χ3n) is 1.92. The van der Waals surface area contributed by atoms with Crippen molar-refractivity contribution in [3.05, 3.63) is 33.4 Å². The molecule has 1 aromatic carbocycles. The van der Waals surface area contributed by atoms with E-state index < -0.39 is 11.5 Å². The Morgan fingerprint density at radius 1 is 1.67 bits per heavy atom. The summed E-state index contributed by atoms with van der Waals surface area (Å²) < 4.78 is 4.86. The van der Waals surface area contributed by atoms with Gasteiger partial charge in [-0.25, -0.2) is 0 Å². The van der Waals surface area contributed by atoms with Crippen molar-refractivity contribution >= 4 is 5.69 Å². The molecule has 0 amide bonds. The lowest BCUT2D eigenvalue weighted by atomic mass is 10.1. The van der Waals surface area contributed by atoms with Gasteiger partial charge in [0.25, 0.3) is 5.69 Å². The smallest absolute Gasteiger partial charge is 0.278 e. The van der Waals surface area contributed by atoms with Crippen molar-refractivity contribution in [2.75, 3.05) is 7.11 Å². The van der Waals surface area contributed by atoms with Crippen LogP contribution in [0, 0.1) is 21.4 Å². The maximum Gasteiger partial charge on any atom is 0.278 e. The van der Waals surface area contributed by atoms with Gasteiger partial charge in [0.1, 0.15) is 11.8 Å². The number of nitro benzene ring substituents is 1. The average molecular weight is 208 g/mol. The fourth-order valence-corrected chi connectivity index (χ4v) is 1.26. The van der Waals surface area contributed by atoms with Crippen molar-refractivity contribution in [3.8, 4) is 11.8 Å². The molecule has 0 bridgehead atoms. The highest BCUT2D eigenvalue weighted by atomic mass is 16.6. The normalized spacial score (nSPS) is 9.40. The SMILES string of the molecule is COc1c(C#N)ccc([N+](=O)[O-])c1CO. The minimum Gasteiger partial charge on any atom is -0.495 e. The monoisotopic (exact) mass is 208 g/mol. The van der Waals surface area contributed by atoms with Crippen molar-refractivity contribution in [3.63, 3.8) is 0 Å². The van der Waals surface area contributed by atoms with Crippen LogP contribution in [0.3, 0.4) is 0 Å². The molecule has 0 saturated carbocycles. The van der Waals surface area contributed by atoms with Gasteiger partial charge in [0, 0.05) is 6.07 Å². The number of nitrogens with zero attached hydrogens (tertiary/aromatic N) is 2. The third kappa shape index (κ3) is 1.87. The Morgan fingerprint density at radius 2 is 2.33 bits per heavy atom. The molecular formula is C9H8N2O4. The number of aliphatic hydroxyl groups is 1. The summed E-state index contributed by atoms with van der Waals surface area (Å²) in [6.07, 6.45) is 0. The Hall–Kier alpha value is -2.13. The Bertz CT molecular complexity index is 436. The first-order valence-electron chi connectivity index (χ1n) is 4.01. The second kappa shape index (κ2) is 4.39. The maximum atomic E-state index is 10.6. The van der Waals surface area contributed by atoms with Crippen molar-refractivity contribution in [2.24, 2.45) is 0 Å². The molecule has 0 aromatic heterocycles. The molecule has 1 N–H and O–H groups in total. The molecule has 0 atom stereocenters. The zero-order chi connectivity index (χ0) is 11.4. The molecule has 0 aliphatic heterocycles. The molecule has 0 fully saturated rings. The van der Waals surface area contributed by atoms with Gasteiger partial charge >= 0.3 is 0 Å². The van der Waals surface area contributed by atoms with Crippen LogP contribution in [-0.2, 0) is 6.61 Å². The summed E-state index contributed by atoms with van der Waals surface area (Å²) in [7, 11) is 1.29. The van der Waals surface area contributed by atoms with E-state index in [1.807, 2.05) is 6.07 Å². The van der Waals surface area contributed by atoms with Gasteiger partial charge in [0.05, 0.1) is 29.8 Å². The molecule has 0 aliphatic carbocycles. The van der Waals surface area contributed by atoms with Crippen molar-refractivity contribution in [2.45, 2.75) is 6.61 Å². The van der Waals surface area contributed by atoms with Gasteiger partial charge in [-0.1, -0.05) is 0 Å². The molecule has 78 valence electrons. The summed E-state index contributed by atoms with van der Waals surface area (Å²) in [4.78, 5) is 9.97. The molecule has 0 heterocycles.